The second kappa shape index (κ2) is 5.73. The van der Waals surface area contributed by atoms with E-state index in [1.54, 1.807) is 25.3 Å². The van der Waals surface area contributed by atoms with Crippen LogP contribution in [0.1, 0.15) is 29.2 Å². The maximum atomic E-state index is 11.7. The molecule has 21 heavy (non-hydrogen) atoms. The maximum absolute atomic E-state index is 11.7. The van der Waals surface area contributed by atoms with Crippen molar-refractivity contribution < 1.29 is 14.3 Å². The van der Waals surface area contributed by atoms with E-state index in [2.05, 4.69) is 26.2 Å². The van der Waals surface area contributed by atoms with Crippen LogP contribution < -0.4 is 10.1 Å². The number of ether oxygens (including phenoxy) is 2. The molecule has 0 amide bonds. The van der Waals surface area contributed by atoms with Crippen LogP contribution in [0.25, 0.3) is 0 Å². The quantitative estimate of drug-likeness (QED) is 0.859. The average Bonchev–Trinajstić information content (AvgIpc) is 2.90. The van der Waals surface area contributed by atoms with Gasteiger partial charge in [-0.2, -0.15) is 0 Å². The topological polar surface area (TPSA) is 60.5 Å². The van der Waals surface area contributed by atoms with Gasteiger partial charge in [-0.1, -0.05) is 15.9 Å². The van der Waals surface area contributed by atoms with Gasteiger partial charge in [0.15, 0.2) is 6.23 Å². The number of fused-ring (bicyclic) bond motifs is 1. The lowest BCUT2D eigenvalue weighted by Gasteiger charge is -2.12. The molecule has 0 radical (unpaired) electrons. The predicted molar refractivity (Wildman–Crippen MR) is 81.3 cm³/mol. The second-order valence-corrected chi connectivity index (χ2v) is 5.39. The Labute approximate surface area is 130 Å². The number of nitrogens with one attached hydrogen (secondary N) is 1. The van der Waals surface area contributed by atoms with E-state index >= 15 is 0 Å². The number of nitrogens with zero attached hydrogens (tertiary/aromatic N) is 1. The van der Waals surface area contributed by atoms with Crippen molar-refractivity contribution in [3.8, 4) is 5.75 Å². The van der Waals surface area contributed by atoms with Gasteiger partial charge in [0.2, 0.25) is 0 Å². The average molecular weight is 349 g/mol. The molecule has 1 atom stereocenters. The standard InChI is InChI=1S/C15H13BrN2O3/c1-2-20-15(19)12-7-9(5-6-17-12)14-18-11-8-10(16)3-4-13(11)21-14/h3-8,14,18H,2H2,1H3. The third kappa shape index (κ3) is 2.85. The molecule has 1 aromatic carbocycles. The van der Waals surface area contributed by atoms with E-state index in [-0.39, 0.29) is 11.9 Å². The van der Waals surface area contributed by atoms with Gasteiger partial charge in [-0.05, 0) is 37.3 Å². The van der Waals surface area contributed by atoms with Gasteiger partial charge in [0.05, 0.1) is 12.3 Å². The van der Waals surface area contributed by atoms with Crippen LogP contribution in [0.15, 0.2) is 41.0 Å². The van der Waals surface area contributed by atoms with Crippen LogP contribution in [0.5, 0.6) is 5.75 Å². The zero-order chi connectivity index (χ0) is 14.8. The van der Waals surface area contributed by atoms with Crippen LogP contribution in [-0.2, 0) is 4.74 Å². The largest absolute Gasteiger partial charge is 0.464 e. The summed E-state index contributed by atoms with van der Waals surface area (Å²) in [5.41, 5.74) is 2.00. The molecular weight excluding hydrogens is 336 g/mol. The van der Waals surface area contributed by atoms with E-state index in [0.717, 1.165) is 21.5 Å². The van der Waals surface area contributed by atoms with E-state index in [0.29, 0.717) is 6.61 Å². The molecule has 1 unspecified atom stereocenters. The van der Waals surface area contributed by atoms with Crippen molar-refractivity contribution >= 4 is 27.6 Å². The lowest BCUT2D eigenvalue weighted by molar-refractivity contribution is 0.0519. The molecule has 0 saturated heterocycles. The van der Waals surface area contributed by atoms with Gasteiger partial charge in [-0.3, -0.25) is 0 Å². The number of rotatable bonds is 3. The number of anilines is 1. The van der Waals surface area contributed by atoms with E-state index in [1.165, 1.54) is 0 Å². The minimum absolute atomic E-state index is 0.275. The number of aromatic nitrogens is 1. The highest BCUT2D eigenvalue weighted by atomic mass is 79.9. The van der Waals surface area contributed by atoms with Crippen molar-refractivity contribution in [2.75, 3.05) is 11.9 Å². The minimum Gasteiger partial charge on any atom is -0.464 e. The summed E-state index contributed by atoms with van der Waals surface area (Å²) in [6.07, 6.45) is 1.23. The monoisotopic (exact) mass is 348 g/mol. The molecule has 108 valence electrons. The first kappa shape index (κ1) is 13.9. The molecule has 1 aliphatic heterocycles. The van der Waals surface area contributed by atoms with Crippen molar-refractivity contribution in [2.24, 2.45) is 0 Å². The summed E-state index contributed by atoms with van der Waals surface area (Å²) in [7, 11) is 0. The van der Waals surface area contributed by atoms with E-state index in [4.69, 9.17) is 9.47 Å². The molecule has 0 saturated carbocycles. The van der Waals surface area contributed by atoms with E-state index < -0.39 is 5.97 Å². The SMILES string of the molecule is CCOC(=O)c1cc(C2Nc3cc(Br)ccc3O2)ccn1. The summed E-state index contributed by atoms with van der Waals surface area (Å²) in [6, 6.07) is 9.24. The van der Waals surface area contributed by atoms with E-state index in [1.807, 2.05) is 18.2 Å². The molecule has 2 heterocycles. The molecule has 0 fully saturated rings. The van der Waals surface area contributed by atoms with Gasteiger partial charge in [-0.25, -0.2) is 9.78 Å². The number of esters is 1. The fourth-order valence-electron chi connectivity index (χ4n) is 2.09. The molecule has 1 aliphatic rings. The van der Waals surface area contributed by atoms with Crippen LogP contribution in [0.3, 0.4) is 0 Å². The van der Waals surface area contributed by atoms with Crippen LogP contribution in [0.2, 0.25) is 0 Å². The fraction of sp³-hybridized carbons (Fsp3) is 0.200. The molecule has 2 aromatic rings. The summed E-state index contributed by atoms with van der Waals surface area (Å²) in [5, 5.41) is 3.26. The van der Waals surface area contributed by atoms with Crippen molar-refractivity contribution in [1.82, 2.24) is 4.98 Å². The molecule has 0 spiro atoms. The Morgan fingerprint density at radius 2 is 2.29 bits per heavy atom. The lowest BCUT2D eigenvalue weighted by Crippen LogP contribution is -2.13. The first-order valence-electron chi connectivity index (χ1n) is 6.53. The van der Waals surface area contributed by atoms with Gasteiger partial charge < -0.3 is 14.8 Å². The maximum Gasteiger partial charge on any atom is 0.356 e. The zero-order valence-electron chi connectivity index (χ0n) is 11.3. The number of hydrogen-bond acceptors (Lipinski definition) is 5. The molecule has 0 bridgehead atoms. The molecule has 1 N–H and O–H groups in total. The zero-order valence-corrected chi connectivity index (χ0v) is 12.9. The Kier molecular flexibility index (Phi) is 3.79. The first-order valence-corrected chi connectivity index (χ1v) is 7.32. The van der Waals surface area contributed by atoms with Gasteiger partial charge in [0.25, 0.3) is 0 Å². The minimum atomic E-state index is -0.433. The third-order valence-electron chi connectivity index (χ3n) is 3.04. The second-order valence-electron chi connectivity index (χ2n) is 4.48. The van der Waals surface area contributed by atoms with Crippen molar-refractivity contribution in [3.05, 3.63) is 52.3 Å². The van der Waals surface area contributed by atoms with Crippen molar-refractivity contribution in [1.29, 1.82) is 0 Å². The number of pyridine rings is 1. The Bertz CT molecular complexity index is 690. The van der Waals surface area contributed by atoms with Crippen molar-refractivity contribution in [2.45, 2.75) is 13.2 Å². The number of benzene rings is 1. The van der Waals surface area contributed by atoms with Gasteiger partial charge in [0, 0.05) is 16.2 Å². The van der Waals surface area contributed by atoms with Crippen LogP contribution >= 0.6 is 15.9 Å². The predicted octanol–water partition coefficient (Wildman–Crippen LogP) is 3.52. The normalized spacial score (nSPS) is 15.8. The van der Waals surface area contributed by atoms with Crippen LogP contribution in [0.4, 0.5) is 5.69 Å². The molecule has 0 aliphatic carbocycles. The number of halogens is 1. The summed E-state index contributed by atoms with van der Waals surface area (Å²) in [5.74, 6) is 0.343. The Morgan fingerprint density at radius 3 is 3.10 bits per heavy atom. The smallest absolute Gasteiger partial charge is 0.356 e. The Morgan fingerprint density at radius 1 is 1.43 bits per heavy atom. The van der Waals surface area contributed by atoms with Gasteiger partial charge >= 0.3 is 5.97 Å². The molecule has 1 aromatic heterocycles. The molecule has 3 rings (SSSR count). The fourth-order valence-corrected chi connectivity index (χ4v) is 2.45. The summed E-state index contributed by atoms with van der Waals surface area (Å²) in [6.45, 7) is 2.08. The summed E-state index contributed by atoms with van der Waals surface area (Å²) in [4.78, 5) is 15.7. The Hall–Kier alpha value is -2.08. The number of hydrogen-bond donors (Lipinski definition) is 1. The van der Waals surface area contributed by atoms with Gasteiger partial charge in [0.1, 0.15) is 11.4 Å². The third-order valence-corrected chi connectivity index (χ3v) is 3.54. The highest BCUT2D eigenvalue weighted by Gasteiger charge is 2.24. The molecule has 5 nitrogen and oxygen atoms in total. The molecular formula is C15H13BrN2O3. The van der Waals surface area contributed by atoms with Crippen LogP contribution in [0, 0.1) is 0 Å². The van der Waals surface area contributed by atoms with Gasteiger partial charge in [-0.15, -0.1) is 0 Å². The summed E-state index contributed by atoms with van der Waals surface area (Å²) >= 11 is 3.42. The molecule has 6 heteroatoms. The first-order chi connectivity index (χ1) is 10.2. The Balaban J connectivity index is 1.83. The van der Waals surface area contributed by atoms with E-state index in [9.17, 15) is 4.79 Å². The lowest BCUT2D eigenvalue weighted by atomic mass is 10.2. The van der Waals surface area contributed by atoms with Crippen LogP contribution in [-0.4, -0.2) is 17.6 Å². The number of carbonyl (C=O) groups is 1. The number of carbonyl (C=O) groups excluding carboxylic acids is 1. The van der Waals surface area contributed by atoms with Crippen molar-refractivity contribution in [3.63, 3.8) is 0 Å². The summed E-state index contributed by atoms with van der Waals surface area (Å²) < 4.78 is 11.8. The highest BCUT2D eigenvalue weighted by molar-refractivity contribution is 9.10. The highest BCUT2D eigenvalue weighted by Crippen LogP contribution is 2.39.